The molecule has 0 spiro atoms. The van der Waals surface area contributed by atoms with Gasteiger partial charge in [-0.1, -0.05) is 55.7 Å². The molecule has 0 bridgehead atoms. The van der Waals surface area contributed by atoms with Crippen molar-refractivity contribution in [2.45, 2.75) is 6.54 Å². The maximum Gasteiger partial charge on any atom is 0.0410 e. The molecule has 0 aliphatic carbocycles. The zero-order valence-electron chi connectivity index (χ0n) is 9.24. The van der Waals surface area contributed by atoms with Crippen LogP contribution in [-0.2, 0) is 6.54 Å². The molecular weight excluding hydrogens is 194 g/mol. The van der Waals surface area contributed by atoms with Gasteiger partial charge in [-0.2, -0.15) is 0 Å². The summed E-state index contributed by atoms with van der Waals surface area (Å²) in [6, 6.07) is 8.36. The van der Waals surface area contributed by atoms with Crippen LogP contribution in [0.15, 0.2) is 66.9 Å². The highest BCUT2D eigenvalue weighted by molar-refractivity contribution is 5.60. The number of allylic oxidation sites excluding steroid dienone is 4. The summed E-state index contributed by atoms with van der Waals surface area (Å²) in [5.74, 6) is 0. The van der Waals surface area contributed by atoms with Gasteiger partial charge in [0.1, 0.15) is 0 Å². The van der Waals surface area contributed by atoms with Crippen molar-refractivity contribution in [1.82, 2.24) is 5.32 Å². The summed E-state index contributed by atoms with van der Waals surface area (Å²) in [5.41, 5.74) is 4.64. The number of fused-ring (bicyclic) bond motifs is 1. The smallest absolute Gasteiger partial charge is 0.0410 e. The second-order valence-corrected chi connectivity index (χ2v) is 3.66. The van der Waals surface area contributed by atoms with E-state index in [9.17, 15) is 0 Å². The minimum atomic E-state index is 0.819. The normalized spacial score (nSPS) is 21.0. The summed E-state index contributed by atoms with van der Waals surface area (Å²) < 4.78 is 0. The molecule has 0 aromatic heterocycles. The van der Waals surface area contributed by atoms with E-state index in [4.69, 9.17) is 0 Å². The van der Waals surface area contributed by atoms with Crippen molar-refractivity contribution >= 4 is 6.08 Å². The van der Waals surface area contributed by atoms with E-state index in [0.717, 1.165) is 17.8 Å². The first kappa shape index (κ1) is 10.5. The second kappa shape index (κ2) is 4.67. The molecule has 0 radical (unpaired) electrons. The van der Waals surface area contributed by atoms with Crippen LogP contribution in [0.1, 0.15) is 11.1 Å². The van der Waals surface area contributed by atoms with Crippen molar-refractivity contribution in [1.29, 1.82) is 0 Å². The van der Waals surface area contributed by atoms with Crippen LogP contribution in [0.5, 0.6) is 0 Å². The predicted molar refractivity (Wildman–Crippen MR) is 69.7 cm³/mol. The number of hydrogen-bond acceptors (Lipinski definition) is 1. The van der Waals surface area contributed by atoms with Gasteiger partial charge >= 0.3 is 0 Å². The molecule has 1 aliphatic heterocycles. The minimum absolute atomic E-state index is 0.819. The Hall–Kier alpha value is -2.02. The second-order valence-electron chi connectivity index (χ2n) is 3.66. The molecule has 0 fully saturated rings. The van der Waals surface area contributed by atoms with E-state index in [2.05, 4.69) is 54.9 Å². The number of benzene rings is 1. The maximum absolute atomic E-state index is 3.81. The third-order valence-corrected chi connectivity index (χ3v) is 2.70. The Morgan fingerprint density at radius 2 is 1.88 bits per heavy atom. The van der Waals surface area contributed by atoms with Gasteiger partial charge in [-0.25, -0.2) is 0 Å². The van der Waals surface area contributed by atoms with Crippen LogP contribution < -0.4 is 5.32 Å². The molecular formula is C15H15N. The highest BCUT2D eigenvalue weighted by Crippen LogP contribution is 2.17. The van der Waals surface area contributed by atoms with Crippen molar-refractivity contribution in [2.75, 3.05) is 0 Å². The fraction of sp³-hybridized carbons (Fsp3) is 0.0667. The Kier molecular flexibility index (Phi) is 3.06. The molecule has 0 saturated carbocycles. The lowest BCUT2D eigenvalue weighted by Gasteiger charge is -2.14. The molecule has 80 valence electrons. The average Bonchev–Trinajstić information content (AvgIpc) is 2.31. The van der Waals surface area contributed by atoms with Crippen molar-refractivity contribution in [3.05, 3.63) is 78.0 Å². The summed E-state index contributed by atoms with van der Waals surface area (Å²) in [6.45, 7) is 8.44. The number of rotatable bonds is 2. The highest BCUT2D eigenvalue weighted by atomic mass is 14.9. The highest BCUT2D eigenvalue weighted by Gasteiger charge is 2.04. The van der Waals surface area contributed by atoms with Gasteiger partial charge in [-0.3, -0.25) is 0 Å². The molecule has 0 unspecified atom stereocenters. The molecule has 1 heteroatoms. The van der Waals surface area contributed by atoms with Gasteiger partial charge in [0.05, 0.1) is 0 Å². The summed E-state index contributed by atoms with van der Waals surface area (Å²) in [4.78, 5) is 0. The average molecular weight is 209 g/mol. The first-order valence-electron chi connectivity index (χ1n) is 5.34. The molecule has 16 heavy (non-hydrogen) atoms. The Morgan fingerprint density at radius 3 is 2.62 bits per heavy atom. The van der Waals surface area contributed by atoms with E-state index in [1.165, 1.54) is 11.1 Å². The molecule has 0 atom stereocenters. The molecule has 1 aliphatic rings. The molecule has 1 aromatic carbocycles. The lowest BCUT2D eigenvalue weighted by molar-refractivity contribution is 0.825. The van der Waals surface area contributed by atoms with Crippen LogP contribution >= 0.6 is 0 Å². The van der Waals surface area contributed by atoms with Gasteiger partial charge in [0.25, 0.3) is 0 Å². The van der Waals surface area contributed by atoms with Crippen LogP contribution in [0.25, 0.3) is 6.08 Å². The van der Waals surface area contributed by atoms with Gasteiger partial charge in [-0.05, 0) is 22.8 Å². The third-order valence-electron chi connectivity index (χ3n) is 2.70. The standard InChI is InChI=1S/C15H15N/c1-3-12-9-10-13-7-5-6-8-14(13)11-16-15(12)4-2/h3-10,16H,1-2,11H2/b10-9-,15-12-. The van der Waals surface area contributed by atoms with E-state index in [1.54, 1.807) is 0 Å². The van der Waals surface area contributed by atoms with E-state index in [1.807, 2.05) is 12.2 Å². The predicted octanol–water partition coefficient (Wildman–Crippen LogP) is 3.43. The Bertz CT molecular complexity index is 478. The van der Waals surface area contributed by atoms with Crippen molar-refractivity contribution in [3.8, 4) is 0 Å². The Morgan fingerprint density at radius 1 is 1.06 bits per heavy atom. The molecule has 2 rings (SSSR count). The first-order chi connectivity index (χ1) is 7.85. The summed E-state index contributed by atoms with van der Waals surface area (Å²) in [5, 5.41) is 3.37. The SMILES string of the molecule is C=CC1=C(\C=C)NCc2ccccc2/C=C\1. The van der Waals surface area contributed by atoms with Crippen molar-refractivity contribution < 1.29 is 0 Å². The van der Waals surface area contributed by atoms with Crippen molar-refractivity contribution in [3.63, 3.8) is 0 Å². The van der Waals surface area contributed by atoms with Gasteiger partial charge in [0, 0.05) is 12.2 Å². The molecule has 1 heterocycles. The van der Waals surface area contributed by atoms with Crippen LogP contribution in [0, 0.1) is 0 Å². The number of hydrogen-bond donors (Lipinski definition) is 1. The monoisotopic (exact) mass is 209 g/mol. The first-order valence-corrected chi connectivity index (χ1v) is 5.34. The van der Waals surface area contributed by atoms with E-state index in [-0.39, 0.29) is 0 Å². The van der Waals surface area contributed by atoms with Gasteiger partial charge in [0.15, 0.2) is 0 Å². The van der Waals surface area contributed by atoms with E-state index >= 15 is 0 Å². The van der Waals surface area contributed by atoms with E-state index < -0.39 is 0 Å². The van der Waals surface area contributed by atoms with E-state index in [0.29, 0.717) is 0 Å². The van der Waals surface area contributed by atoms with Crippen LogP contribution in [-0.4, -0.2) is 0 Å². The fourth-order valence-corrected chi connectivity index (χ4v) is 1.79. The van der Waals surface area contributed by atoms with Crippen LogP contribution in [0.4, 0.5) is 0 Å². The zero-order chi connectivity index (χ0) is 11.4. The molecule has 1 N–H and O–H groups in total. The lowest BCUT2D eigenvalue weighted by Crippen LogP contribution is -2.14. The maximum atomic E-state index is 3.81. The molecule has 0 saturated heterocycles. The molecule has 1 nitrogen and oxygen atoms in total. The zero-order valence-corrected chi connectivity index (χ0v) is 9.24. The minimum Gasteiger partial charge on any atom is -0.380 e. The fourth-order valence-electron chi connectivity index (χ4n) is 1.79. The van der Waals surface area contributed by atoms with Gasteiger partial charge < -0.3 is 5.32 Å². The van der Waals surface area contributed by atoms with Gasteiger partial charge in [0.2, 0.25) is 0 Å². The van der Waals surface area contributed by atoms with Crippen molar-refractivity contribution in [2.24, 2.45) is 0 Å². The topological polar surface area (TPSA) is 12.0 Å². The summed E-state index contributed by atoms with van der Waals surface area (Å²) in [6.07, 6.45) is 7.86. The Labute approximate surface area is 96.5 Å². The largest absolute Gasteiger partial charge is 0.380 e. The van der Waals surface area contributed by atoms with Gasteiger partial charge in [-0.15, -0.1) is 0 Å². The Balaban J connectivity index is 2.46. The van der Waals surface area contributed by atoms with Crippen LogP contribution in [0.3, 0.4) is 0 Å². The molecule has 0 amide bonds. The quantitative estimate of drug-likeness (QED) is 0.787. The lowest BCUT2D eigenvalue weighted by atomic mass is 10.0. The molecule has 1 aromatic rings. The van der Waals surface area contributed by atoms with Crippen LogP contribution in [0.2, 0.25) is 0 Å². The third kappa shape index (κ3) is 1.98. The summed E-state index contributed by atoms with van der Waals surface area (Å²) >= 11 is 0. The summed E-state index contributed by atoms with van der Waals surface area (Å²) in [7, 11) is 0. The number of nitrogens with one attached hydrogen (secondary N) is 1.